The summed E-state index contributed by atoms with van der Waals surface area (Å²) in [7, 11) is 0. The first kappa shape index (κ1) is 19.3. The minimum atomic E-state index is -0.585. The maximum Gasteiger partial charge on any atom is 0.255 e. The summed E-state index contributed by atoms with van der Waals surface area (Å²) in [4.78, 5) is 37.9. The van der Waals surface area contributed by atoms with E-state index in [1.807, 2.05) is 48.5 Å². The van der Waals surface area contributed by atoms with Crippen LogP contribution in [0.15, 0.2) is 48.5 Å². The van der Waals surface area contributed by atoms with Gasteiger partial charge in [-0.15, -0.1) is 0 Å². The van der Waals surface area contributed by atoms with Gasteiger partial charge < -0.3 is 16.0 Å². The molecule has 4 rings (SSSR count). The second kappa shape index (κ2) is 8.14. The van der Waals surface area contributed by atoms with Crippen LogP contribution in [0.2, 0.25) is 0 Å². The third kappa shape index (κ3) is 4.06. The van der Waals surface area contributed by atoms with Crippen molar-refractivity contribution in [2.75, 3.05) is 6.54 Å². The van der Waals surface area contributed by atoms with E-state index in [-0.39, 0.29) is 30.2 Å². The third-order valence-electron chi connectivity index (χ3n) is 5.51. The van der Waals surface area contributed by atoms with E-state index >= 15 is 0 Å². The summed E-state index contributed by atoms with van der Waals surface area (Å²) in [5.74, 6) is -0.825. The van der Waals surface area contributed by atoms with Crippen LogP contribution in [0.5, 0.6) is 0 Å². The fraction of sp³-hybridized carbons (Fsp3) is 0.318. The smallest absolute Gasteiger partial charge is 0.255 e. The fourth-order valence-electron chi connectivity index (χ4n) is 3.90. The monoisotopic (exact) mass is 392 g/mol. The molecule has 0 spiro atoms. The molecule has 1 saturated heterocycles. The molecule has 2 aromatic rings. The van der Waals surface area contributed by atoms with Gasteiger partial charge in [0, 0.05) is 37.7 Å². The van der Waals surface area contributed by atoms with E-state index in [4.69, 9.17) is 5.73 Å². The van der Waals surface area contributed by atoms with Gasteiger partial charge in [-0.2, -0.15) is 0 Å². The topological polar surface area (TPSA) is 105 Å². The first-order valence-corrected chi connectivity index (χ1v) is 9.80. The number of piperidine rings is 1. The number of amides is 3. The Labute approximate surface area is 169 Å². The molecule has 0 aromatic heterocycles. The quantitative estimate of drug-likeness (QED) is 0.642. The molecule has 2 heterocycles. The molecule has 3 amide bonds. The summed E-state index contributed by atoms with van der Waals surface area (Å²) < 4.78 is 0. The van der Waals surface area contributed by atoms with Crippen LogP contribution in [0.4, 0.5) is 0 Å². The van der Waals surface area contributed by atoms with Gasteiger partial charge in [0.05, 0.1) is 0 Å². The zero-order valence-electron chi connectivity index (χ0n) is 16.1. The van der Waals surface area contributed by atoms with Gasteiger partial charge in [-0.05, 0) is 29.2 Å². The fourth-order valence-corrected chi connectivity index (χ4v) is 3.90. The van der Waals surface area contributed by atoms with E-state index in [1.165, 1.54) is 0 Å². The number of nitrogens with one attached hydrogen (secondary N) is 2. The third-order valence-corrected chi connectivity index (χ3v) is 5.51. The van der Waals surface area contributed by atoms with Crippen LogP contribution >= 0.6 is 0 Å². The maximum absolute atomic E-state index is 12.9. The van der Waals surface area contributed by atoms with E-state index < -0.39 is 6.04 Å². The normalized spacial score (nSPS) is 19.8. The molecule has 2 aromatic carbocycles. The lowest BCUT2D eigenvalue weighted by Gasteiger charge is -2.29. The SMILES string of the molecule is N[C@@H](CNCc1ccc2c(c1)C(=O)N(C1CCC(=O)NC1=O)C2)c1ccccc1. The minimum absolute atomic E-state index is 0.102. The number of fused-ring (bicyclic) bond motifs is 1. The van der Waals surface area contributed by atoms with Crippen molar-refractivity contribution in [3.8, 4) is 0 Å². The molecule has 7 nitrogen and oxygen atoms in total. The van der Waals surface area contributed by atoms with Gasteiger partial charge >= 0.3 is 0 Å². The molecule has 0 aliphatic carbocycles. The van der Waals surface area contributed by atoms with Crippen molar-refractivity contribution < 1.29 is 14.4 Å². The summed E-state index contributed by atoms with van der Waals surface area (Å²) >= 11 is 0. The second-order valence-corrected chi connectivity index (χ2v) is 7.54. The standard InChI is InChI=1S/C22H24N4O3/c23-18(15-4-2-1-3-5-15)12-24-11-14-6-7-16-13-26(22(29)17(16)10-14)19-8-9-20(27)25-21(19)28/h1-7,10,18-19,24H,8-9,11-13,23H2,(H,25,27,28)/t18-,19?/m0/s1. The highest BCUT2D eigenvalue weighted by atomic mass is 16.2. The minimum Gasteiger partial charge on any atom is -0.323 e. The highest BCUT2D eigenvalue weighted by Crippen LogP contribution is 2.28. The molecule has 29 heavy (non-hydrogen) atoms. The predicted octanol–water partition coefficient (Wildman–Crippen LogP) is 1.24. The molecular formula is C22H24N4O3. The molecule has 7 heteroatoms. The van der Waals surface area contributed by atoms with Crippen LogP contribution in [-0.4, -0.2) is 35.2 Å². The van der Waals surface area contributed by atoms with Gasteiger partial charge in [-0.25, -0.2) is 0 Å². The van der Waals surface area contributed by atoms with Crippen molar-refractivity contribution in [2.45, 2.75) is 38.0 Å². The number of hydrogen-bond acceptors (Lipinski definition) is 5. The Morgan fingerprint density at radius 2 is 1.93 bits per heavy atom. The predicted molar refractivity (Wildman–Crippen MR) is 108 cm³/mol. The second-order valence-electron chi connectivity index (χ2n) is 7.54. The van der Waals surface area contributed by atoms with E-state index in [1.54, 1.807) is 4.90 Å². The van der Waals surface area contributed by atoms with Gasteiger partial charge in [0.1, 0.15) is 6.04 Å². The Kier molecular flexibility index (Phi) is 5.42. The lowest BCUT2D eigenvalue weighted by molar-refractivity contribution is -0.136. The number of nitrogens with zero attached hydrogens (tertiary/aromatic N) is 1. The molecule has 2 aliphatic heterocycles. The van der Waals surface area contributed by atoms with E-state index in [0.29, 0.717) is 31.6 Å². The molecule has 0 saturated carbocycles. The molecule has 4 N–H and O–H groups in total. The van der Waals surface area contributed by atoms with Crippen molar-refractivity contribution in [1.82, 2.24) is 15.5 Å². The van der Waals surface area contributed by atoms with Crippen LogP contribution in [0.1, 0.15) is 45.9 Å². The van der Waals surface area contributed by atoms with Crippen LogP contribution in [0.3, 0.4) is 0 Å². The summed E-state index contributed by atoms with van der Waals surface area (Å²) in [6, 6.07) is 15.0. The molecule has 1 fully saturated rings. The Morgan fingerprint density at radius 3 is 2.69 bits per heavy atom. The molecular weight excluding hydrogens is 368 g/mol. The molecule has 1 unspecified atom stereocenters. The van der Waals surface area contributed by atoms with Gasteiger partial charge in [0.15, 0.2) is 0 Å². The summed E-state index contributed by atoms with van der Waals surface area (Å²) in [5.41, 5.74) is 9.80. The van der Waals surface area contributed by atoms with Crippen molar-refractivity contribution in [2.24, 2.45) is 5.73 Å². The van der Waals surface area contributed by atoms with Gasteiger partial charge in [-0.1, -0.05) is 42.5 Å². The number of nitrogens with two attached hydrogens (primary N) is 1. The Hall–Kier alpha value is -3.03. The van der Waals surface area contributed by atoms with E-state index in [9.17, 15) is 14.4 Å². The highest BCUT2D eigenvalue weighted by Gasteiger charge is 2.39. The van der Waals surface area contributed by atoms with Gasteiger partial charge in [0.25, 0.3) is 5.91 Å². The average Bonchev–Trinajstić information content (AvgIpc) is 3.04. The lowest BCUT2D eigenvalue weighted by atomic mass is 10.0. The lowest BCUT2D eigenvalue weighted by Crippen LogP contribution is -2.52. The Morgan fingerprint density at radius 1 is 1.14 bits per heavy atom. The molecule has 0 bridgehead atoms. The first-order chi connectivity index (χ1) is 14.0. The molecule has 2 atom stereocenters. The van der Waals surface area contributed by atoms with Crippen LogP contribution in [-0.2, 0) is 22.7 Å². The number of rotatable bonds is 6. The maximum atomic E-state index is 12.9. The number of carbonyl (C=O) groups excluding carboxylic acids is 3. The van der Waals surface area contributed by atoms with Crippen LogP contribution < -0.4 is 16.4 Å². The zero-order valence-corrected chi connectivity index (χ0v) is 16.1. The van der Waals surface area contributed by atoms with Crippen molar-refractivity contribution in [3.63, 3.8) is 0 Å². The molecule has 0 radical (unpaired) electrons. The van der Waals surface area contributed by atoms with Crippen LogP contribution in [0.25, 0.3) is 0 Å². The van der Waals surface area contributed by atoms with Crippen molar-refractivity contribution in [3.05, 3.63) is 70.8 Å². The summed E-state index contributed by atoms with van der Waals surface area (Å²) in [6.45, 7) is 1.62. The van der Waals surface area contributed by atoms with E-state index in [0.717, 1.165) is 16.7 Å². The molecule has 150 valence electrons. The van der Waals surface area contributed by atoms with Gasteiger partial charge in [0.2, 0.25) is 11.8 Å². The van der Waals surface area contributed by atoms with E-state index in [2.05, 4.69) is 10.6 Å². The largest absolute Gasteiger partial charge is 0.323 e. The Balaban J connectivity index is 1.38. The highest BCUT2D eigenvalue weighted by molar-refractivity contribution is 6.05. The molecule has 2 aliphatic rings. The average molecular weight is 392 g/mol. The summed E-state index contributed by atoms with van der Waals surface area (Å²) in [5, 5.41) is 5.66. The zero-order chi connectivity index (χ0) is 20.4. The van der Waals surface area contributed by atoms with Crippen molar-refractivity contribution in [1.29, 1.82) is 0 Å². The van der Waals surface area contributed by atoms with Crippen LogP contribution in [0, 0.1) is 0 Å². The number of carbonyl (C=O) groups is 3. The van der Waals surface area contributed by atoms with Crippen molar-refractivity contribution >= 4 is 17.7 Å². The first-order valence-electron chi connectivity index (χ1n) is 9.80. The number of hydrogen-bond donors (Lipinski definition) is 3. The summed E-state index contributed by atoms with van der Waals surface area (Å²) in [6.07, 6.45) is 0.629. The number of imide groups is 1. The Bertz CT molecular complexity index is 944. The number of benzene rings is 2. The van der Waals surface area contributed by atoms with Gasteiger partial charge in [-0.3, -0.25) is 19.7 Å².